The van der Waals surface area contributed by atoms with E-state index in [1.807, 2.05) is 48.8 Å². The molecule has 9 heteroatoms. The average molecular weight is 534 g/mol. The van der Waals surface area contributed by atoms with E-state index in [9.17, 15) is 4.79 Å². The van der Waals surface area contributed by atoms with E-state index in [2.05, 4.69) is 42.9 Å². The monoisotopic (exact) mass is 533 g/mol. The summed E-state index contributed by atoms with van der Waals surface area (Å²) in [5.74, 6) is 2.37. The second-order valence-corrected chi connectivity index (χ2v) is 10.2. The Labute approximate surface area is 229 Å². The van der Waals surface area contributed by atoms with E-state index in [-0.39, 0.29) is 5.91 Å². The van der Waals surface area contributed by atoms with E-state index in [1.165, 1.54) is 0 Å². The molecule has 2 saturated heterocycles. The third-order valence-corrected chi connectivity index (χ3v) is 7.55. The molecule has 200 valence electrons. The Hall–Kier alpha value is -3.20. The zero-order chi connectivity index (χ0) is 26.2. The van der Waals surface area contributed by atoms with Gasteiger partial charge in [-0.05, 0) is 66.8 Å². The number of nitrogens with zero attached hydrogens (tertiary/aromatic N) is 4. The molecule has 8 nitrogen and oxygen atoms in total. The molecule has 5 rings (SSSR count). The number of hydrogen-bond donors (Lipinski definition) is 3. The molecule has 0 aliphatic carbocycles. The van der Waals surface area contributed by atoms with Gasteiger partial charge >= 0.3 is 0 Å². The Balaban J connectivity index is 1.16. The normalized spacial score (nSPS) is 17.9. The molecule has 3 N–H and O–H groups in total. The highest BCUT2D eigenvalue weighted by molar-refractivity contribution is 6.17. The van der Waals surface area contributed by atoms with Gasteiger partial charge < -0.3 is 20.9 Å². The minimum absolute atomic E-state index is 0.122. The first-order valence-electron chi connectivity index (χ1n) is 13.5. The van der Waals surface area contributed by atoms with Gasteiger partial charge in [0.2, 0.25) is 5.91 Å². The number of hydrogen-bond acceptors (Lipinski definition) is 7. The van der Waals surface area contributed by atoms with Crippen LogP contribution in [0.4, 0.5) is 17.3 Å². The van der Waals surface area contributed by atoms with Gasteiger partial charge in [0.05, 0.1) is 6.54 Å². The number of amides is 1. The Bertz CT molecular complexity index is 1200. The highest BCUT2D eigenvalue weighted by Crippen LogP contribution is 2.28. The quantitative estimate of drug-likeness (QED) is 0.340. The Morgan fingerprint density at radius 1 is 1.05 bits per heavy atom. The van der Waals surface area contributed by atoms with Crippen molar-refractivity contribution >= 4 is 34.8 Å². The van der Waals surface area contributed by atoms with Crippen molar-refractivity contribution in [1.82, 2.24) is 25.5 Å². The van der Waals surface area contributed by atoms with Crippen LogP contribution in [0, 0.1) is 0 Å². The molecule has 0 radical (unpaired) electrons. The number of alkyl halides is 1. The number of piperazine rings is 1. The molecule has 0 spiro atoms. The Kier molecular flexibility index (Phi) is 9.06. The smallest absolute Gasteiger partial charge is 0.234 e. The summed E-state index contributed by atoms with van der Waals surface area (Å²) in [5, 5.41) is 9.81. The van der Waals surface area contributed by atoms with E-state index >= 15 is 0 Å². The van der Waals surface area contributed by atoms with Gasteiger partial charge in [-0.2, -0.15) is 0 Å². The highest BCUT2D eigenvalue weighted by atomic mass is 35.5. The number of aromatic nitrogens is 2. The van der Waals surface area contributed by atoms with Crippen molar-refractivity contribution in [2.24, 2.45) is 0 Å². The van der Waals surface area contributed by atoms with Crippen molar-refractivity contribution in [2.45, 2.75) is 31.2 Å². The van der Waals surface area contributed by atoms with Gasteiger partial charge in [0.1, 0.15) is 11.6 Å². The third kappa shape index (κ3) is 7.01. The van der Waals surface area contributed by atoms with Crippen molar-refractivity contribution in [3.05, 3.63) is 66.5 Å². The van der Waals surface area contributed by atoms with Crippen LogP contribution in [0.1, 0.15) is 24.8 Å². The zero-order valence-electron chi connectivity index (χ0n) is 21.7. The van der Waals surface area contributed by atoms with Crippen molar-refractivity contribution < 1.29 is 4.79 Å². The maximum atomic E-state index is 12.4. The molecule has 0 bridgehead atoms. The van der Waals surface area contributed by atoms with Crippen molar-refractivity contribution in [3.63, 3.8) is 0 Å². The zero-order valence-corrected chi connectivity index (χ0v) is 22.5. The summed E-state index contributed by atoms with van der Waals surface area (Å²) in [6.07, 6.45) is 6.95. The van der Waals surface area contributed by atoms with Crippen LogP contribution >= 0.6 is 11.6 Å². The lowest BCUT2D eigenvalue weighted by atomic mass is 10.1. The van der Waals surface area contributed by atoms with Crippen LogP contribution in [0.5, 0.6) is 0 Å². The molecule has 1 unspecified atom stereocenters. The molecule has 1 aromatic carbocycles. The molecule has 4 heterocycles. The molecule has 1 atom stereocenters. The standard InChI is InChI=1S/C29H36ClN7O/c30-19-22-3-1-4-25(17-22)35-27-18-23(8-10-32-27)24-6-7-28(34-20-24)37-14-2-5-26(37)9-11-33-29(38)21-36-15-12-31-13-16-36/h1,3-4,6-8,10,17-18,20,26,31H,2,5,9,11-16,19,21H2,(H,32,35)(H,33,38). The summed E-state index contributed by atoms with van der Waals surface area (Å²) in [4.78, 5) is 26.2. The van der Waals surface area contributed by atoms with E-state index in [1.54, 1.807) is 0 Å². The molecule has 2 aliphatic heterocycles. The Morgan fingerprint density at radius 3 is 2.76 bits per heavy atom. The molecule has 2 aliphatic rings. The topological polar surface area (TPSA) is 85.4 Å². The van der Waals surface area contributed by atoms with Crippen molar-refractivity contribution in [1.29, 1.82) is 0 Å². The van der Waals surface area contributed by atoms with E-state index in [0.29, 0.717) is 25.0 Å². The van der Waals surface area contributed by atoms with Gasteiger partial charge in [0.25, 0.3) is 0 Å². The van der Waals surface area contributed by atoms with E-state index in [0.717, 1.165) is 86.0 Å². The number of pyridine rings is 2. The lowest BCUT2D eigenvalue weighted by Crippen LogP contribution is -2.47. The van der Waals surface area contributed by atoms with Crippen LogP contribution in [0.3, 0.4) is 0 Å². The minimum Gasteiger partial charge on any atom is -0.355 e. The number of carbonyl (C=O) groups is 1. The first-order valence-corrected chi connectivity index (χ1v) is 14.0. The predicted octanol–water partition coefficient (Wildman–Crippen LogP) is 4.01. The number of anilines is 3. The number of benzene rings is 1. The van der Waals surface area contributed by atoms with Crippen LogP contribution < -0.4 is 20.9 Å². The van der Waals surface area contributed by atoms with Gasteiger partial charge in [-0.25, -0.2) is 9.97 Å². The summed E-state index contributed by atoms with van der Waals surface area (Å²) < 4.78 is 0. The fourth-order valence-electron chi connectivity index (χ4n) is 5.23. The highest BCUT2D eigenvalue weighted by Gasteiger charge is 2.25. The van der Waals surface area contributed by atoms with Crippen LogP contribution in [0.2, 0.25) is 0 Å². The number of nitrogens with one attached hydrogen (secondary N) is 3. The molecule has 2 fully saturated rings. The number of carbonyl (C=O) groups excluding carboxylic acids is 1. The molecule has 0 saturated carbocycles. The van der Waals surface area contributed by atoms with Gasteiger partial charge in [-0.3, -0.25) is 9.69 Å². The van der Waals surface area contributed by atoms with Crippen LogP contribution in [-0.4, -0.2) is 72.6 Å². The van der Waals surface area contributed by atoms with Gasteiger partial charge in [-0.15, -0.1) is 11.6 Å². The molecule has 2 aromatic heterocycles. The number of halogens is 1. The molecule has 38 heavy (non-hydrogen) atoms. The maximum Gasteiger partial charge on any atom is 0.234 e. The largest absolute Gasteiger partial charge is 0.355 e. The first kappa shape index (κ1) is 26.4. The molecule has 3 aromatic rings. The van der Waals surface area contributed by atoms with Crippen molar-refractivity contribution in [2.75, 3.05) is 56.0 Å². The summed E-state index contributed by atoms with van der Waals surface area (Å²) >= 11 is 5.97. The average Bonchev–Trinajstić information content (AvgIpc) is 3.42. The predicted molar refractivity (Wildman–Crippen MR) is 154 cm³/mol. The third-order valence-electron chi connectivity index (χ3n) is 7.24. The molecular formula is C29H36ClN7O. The first-order chi connectivity index (χ1) is 18.7. The van der Waals surface area contributed by atoms with Crippen LogP contribution in [0.25, 0.3) is 11.1 Å². The number of rotatable bonds is 10. The van der Waals surface area contributed by atoms with Crippen LogP contribution in [0.15, 0.2) is 60.9 Å². The van der Waals surface area contributed by atoms with Crippen molar-refractivity contribution in [3.8, 4) is 11.1 Å². The maximum absolute atomic E-state index is 12.4. The summed E-state index contributed by atoms with van der Waals surface area (Å²) in [6.45, 7) is 5.97. The second kappa shape index (κ2) is 13.0. The Morgan fingerprint density at radius 2 is 1.95 bits per heavy atom. The van der Waals surface area contributed by atoms with Gasteiger partial charge in [0.15, 0.2) is 0 Å². The second-order valence-electron chi connectivity index (χ2n) is 9.95. The fraction of sp³-hybridized carbons (Fsp3) is 0.414. The van der Waals surface area contributed by atoms with Crippen LogP contribution in [-0.2, 0) is 10.7 Å². The fourth-order valence-corrected chi connectivity index (χ4v) is 5.40. The molecular weight excluding hydrogens is 498 g/mol. The summed E-state index contributed by atoms with van der Waals surface area (Å²) in [5.41, 5.74) is 4.12. The lowest BCUT2D eigenvalue weighted by molar-refractivity contribution is -0.122. The molecule has 1 amide bonds. The lowest BCUT2D eigenvalue weighted by Gasteiger charge is -2.27. The SMILES string of the molecule is O=C(CN1CCNCC1)NCCC1CCCN1c1ccc(-c2ccnc(Nc3cccc(CCl)c3)c2)cn1. The van der Waals surface area contributed by atoms with Gasteiger partial charge in [0, 0.05) is 74.8 Å². The summed E-state index contributed by atoms with van der Waals surface area (Å²) in [6, 6.07) is 16.7. The summed E-state index contributed by atoms with van der Waals surface area (Å²) in [7, 11) is 0. The minimum atomic E-state index is 0.122. The van der Waals surface area contributed by atoms with Gasteiger partial charge in [-0.1, -0.05) is 12.1 Å². The van der Waals surface area contributed by atoms with E-state index in [4.69, 9.17) is 16.6 Å². The van der Waals surface area contributed by atoms with E-state index < -0.39 is 0 Å².